The molecule has 0 amide bonds. The molecule has 3 rings (SSSR count). The molecule has 3 aliphatic carbocycles. The van der Waals surface area contributed by atoms with Gasteiger partial charge in [-0.2, -0.15) is 0 Å². The lowest BCUT2D eigenvalue weighted by Gasteiger charge is -2.39. The van der Waals surface area contributed by atoms with Gasteiger partial charge >= 0.3 is 0 Å². The largest absolute Gasteiger partial charge is 0.377 e. The van der Waals surface area contributed by atoms with E-state index in [9.17, 15) is 0 Å². The lowest BCUT2D eigenvalue weighted by atomic mass is 9.77. The third-order valence-corrected chi connectivity index (χ3v) is 7.07. The molecule has 0 bridgehead atoms. The van der Waals surface area contributed by atoms with Crippen molar-refractivity contribution in [1.82, 2.24) is 0 Å². The van der Waals surface area contributed by atoms with Gasteiger partial charge in [0.1, 0.15) is 6.61 Å². The fourth-order valence-electron chi connectivity index (χ4n) is 5.30. The molecule has 0 radical (unpaired) electrons. The summed E-state index contributed by atoms with van der Waals surface area (Å²) >= 11 is 0. The standard InChI is InChI=1S/C26H44O4/c1-19-22-16-26(22,18-28-20-14-21(15-20)30-24(5,6)7)17-25(19,8)10-9-11-27-12-13-29-23(2,3)4/h19-22H,11-18H2,1-8H3. The van der Waals surface area contributed by atoms with Crippen molar-refractivity contribution < 1.29 is 18.9 Å². The van der Waals surface area contributed by atoms with Crippen molar-refractivity contribution in [1.29, 1.82) is 0 Å². The SMILES string of the molecule is CC1C2CC2(COC2CC(OC(C)(C)C)C2)CC1(C)C#CCOCCOC(C)(C)C. The first-order valence-electron chi connectivity index (χ1n) is 11.8. The maximum Gasteiger partial charge on any atom is 0.107 e. The molecule has 0 spiro atoms. The molecule has 30 heavy (non-hydrogen) atoms. The van der Waals surface area contributed by atoms with Gasteiger partial charge in [-0.1, -0.05) is 18.8 Å². The summed E-state index contributed by atoms with van der Waals surface area (Å²) in [5.41, 5.74) is 0.273. The minimum absolute atomic E-state index is 0.0550. The molecule has 3 fully saturated rings. The summed E-state index contributed by atoms with van der Waals surface area (Å²) in [7, 11) is 0. The van der Waals surface area contributed by atoms with E-state index in [2.05, 4.69) is 67.2 Å². The molecule has 4 nitrogen and oxygen atoms in total. The van der Waals surface area contributed by atoms with Crippen LogP contribution in [-0.4, -0.2) is 49.8 Å². The molecule has 3 aliphatic rings. The van der Waals surface area contributed by atoms with E-state index in [-0.39, 0.29) is 16.6 Å². The average molecular weight is 421 g/mol. The molecule has 0 aliphatic heterocycles. The highest BCUT2D eigenvalue weighted by atomic mass is 16.5. The Morgan fingerprint density at radius 3 is 2.30 bits per heavy atom. The van der Waals surface area contributed by atoms with Gasteiger partial charge in [-0.3, -0.25) is 0 Å². The summed E-state index contributed by atoms with van der Waals surface area (Å²) in [4.78, 5) is 0. The predicted octanol–water partition coefficient (Wildman–Crippen LogP) is 5.24. The molecule has 0 heterocycles. The first kappa shape index (κ1) is 24.1. The van der Waals surface area contributed by atoms with Crippen LogP contribution in [0.25, 0.3) is 0 Å². The predicted molar refractivity (Wildman–Crippen MR) is 120 cm³/mol. The van der Waals surface area contributed by atoms with Crippen molar-refractivity contribution in [2.45, 2.75) is 104 Å². The number of hydrogen-bond acceptors (Lipinski definition) is 4. The van der Waals surface area contributed by atoms with Crippen LogP contribution in [0.4, 0.5) is 0 Å². The van der Waals surface area contributed by atoms with Crippen molar-refractivity contribution in [3.8, 4) is 11.8 Å². The smallest absolute Gasteiger partial charge is 0.107 e. The van der Waals surface area contributed by atoms with Crippen molar-refractivity contribution in [2.75, 3.05) is 26.4 Å². The van der Waals surface area contributed by atoms with Gasteiger partial charge in [0, 0.05) is 5.41 Å². The van der Waals surface area contributed by atoms with E-state index in [1.165, 1.54) is 6.42 Å². The van der Waals surface area contributed by atoms with Crippen LogP contribution in [0.15, 0.2) is 0 Å². The summed E-state index contributed by atoms with van der Waals surface area (Å²) in [6, 6.07) is 0. The first-order valence-corrected chi connectivity index (χ1v) is 11.8. The van der Waals surface area contributed by atoms with Gasteiger partial charge in [0.25, 0.3) is 0 Å². The van der Waals surface area contributed by atoms with Crippen LogP contribution < -0.4 is 0 Å². The highest BCUT2D eigenvalue weighted by molar-refractivity contribution is 5.25. The molecule has 4 heteroatoms. The van der Waals surface area contributed by atoms with E-state index in [4.69, 9.17) is 18.9 Å². The average Bonchev–Trinajstić information content (AvgIpc) is 3.21. The van der Waals surface area contributed by atoms with Gasteiger partial charge in [0.05, 0.1) is 43.2 Å². The fourth-order valence-corrected chi connectivity index (χ4v) is 5.30. The molecular weight excluding hydrogens is 376 g/mol. The minimum Gasteiger partial charge on any atom is -0.377 e. The summed E-state index contributed by atoms with van der Waals surface area (Å²) < 4.78 is 23.7. The fraction of sp³-hybridized carbons (Fsp3) is 0.923. The van der Waals surface area contributed by atoms with Gasteiger partial charge in [-0.15, -0.1) is 0 Å². The highest BCUT2D eigenvalue weighted by Crippen LogP contribution is 2.71. The van der Waals surface area contributed by atoms with Gasteiger partial charge in [0.2, 0.25) is 0 Å². The van der Waals surface area contributed by atoms with E-state index in [1.54, 1.807) is 0 Å². The van der Waals surface area contributed by atoms with Crippen molar-refractivity contribution in [3.05, 3.63) is 0 Å². The monoisotopic (exact) mass is 420 g/mol. The van der Waals surface area contributed by atoms with Crippen LogP contribution in [-0.2, 0) is 18.9 Å². The summed E-state index contributed by atoms with van der Waals surface area (Å²) in [6.45, 7) is 19.9. The number of rotatable bonds is 8. The molecule has 4 atom stereocenters. The van der Waals surface area contributed by atoms with Crippen LogP contribution in [0, 0.1) is 34.5 Å². The van der Waals surface area contributed by atoms with Crippen LogP contribution in [0.3, 0.4) is 0 Å². The van der Waals surface area contributed by atoms with Gasteiger partial charge in [0.15, 0.2) is 0 Å². The van der Waals surface area contributed by atoms with Gasteiger partial charge in [-0.05, 0) is 91.4 Å². The summed E-state index contributed by atoms with van der Waals surface area (Å²) in [5, 5.41) is 0. The quantitative estimate of drug-likeness (QED) is 0.398. The molecule has 0 saturated heterocycles. The second kappa shape index (κ2) is 8.74. The Morgan fingerprint density at radius 2 is 1.67 bits per heavy atom. The zero-order valence-corrected chi connectivity index (χ0v) is 20.6. The maximum atomic E-state index is 6.32. The van der Waals surface area contributed by atoms with E-state index >= 15 is 0 Å². The highest BCUT2D eigenvalue weighted by Gasteiger charge is 2.67. The minimum atomic E-state index is -0.112. The van der Waals surface area contributed by atoms with E-state index in [1.807, 2.05) is 0 Å². The Kier molecular flexibility index (Phi) is 7.00. The number of hydrogen-bond donors (Lipinski definition) is 0. The lowest BCUT2D eigenvalue weighted by Crippen LogP contribution is -2.42. The molecular formula is C26H44O4. The van der Waals surface area contributed by atoms with Crippen LogP contribution in [0.5, 0.6) is 0 Å². The van der Waals surface area contributed by atoms with E-state index in [0.29, 0.717) is 43.4 Å². The molecule has 172 valence electrons. The van der Waals surface area contributed by atoms with Crippen LogP contribution in [0.2, 0.25) is 0 Å². The van der Waals surface area contributed by atoms with Crippen molar-refractivity contribution >= 4 is 0 Å². The maximum absolute atomic E-state index is 6.32. The molecule has 0 aromatic rings. The molecule has 0 aromatic heterocycles. The normalized spacial score (nSPS) is 37.9. The second-order valence-corrected chi connectivity index (χ2v) is 12.1. The topological polar surface area (TPSA) is 36.9 Å². The third-order valence-electron chi connectivity index (χ3n) is 7.07. The summed E-state index contributed by atoms with van der Waals surface area (Å²) in [5.74, 6) is 8.23. The van der Waals surface area contributed by atoms with Gasteiger partial charge < -0.3 is 18.9 Å². The Labute approximate surface area is 184 Å². The lowest BCUT2D eigenvalue weighted by molar-refractivity contribution is -0.153. The summed E-state index contributed by atoms with van der Waals surface area (Å²) in [6.07, 6.45) is 5.29. The van der Waals surface area contributed by atoms with Crippen LogP contribution >= 0.6 is 0 Å². The zero-order chi connectivity index (χ0) is 22.2. The van der Waals surface area contributed by atoms with E-state index < -0.39 is 0 Å². The Bertz CT molecular complexity index is 643. The zero-order valence-electron chi connectivity index (χ0n) is 20.6. The molecule has 4 unspecified atom stereocenters. The molecule has 3 saturated carbocycles. The second-order valence-electron chi connectivity index (χ2n) is 12.1. The molecule has 0 aromatic carbocycles. The number of ether oxygens (including phenoxy) is 4. The first-order chi connectivity index (χ1) is 13.8. The number of fused-ring (bicyclic) bond motifs is 1. The van der Waals surface area contributed by atoms with Crippen molar-refractivity contribution in [3.63, 3.8) is 0 Å². The van der Waals surface area contributed by atoms with Gasteiger partial charge in [-0.25, -0.2) is 0 Å². The third kappa shape index (κ3) is 6.22. The molecule has 0 N–H and O–H groups in total. The van der Waals surface area contributed by atoms with E-state index in [0.717, 1.165) is 31.8 Å². The van der Waals surface area contributed by atoms with Crippen LogP contribution in [0.1, 0.15) is 81.1 Å². The Balaban J connectivity index is 1.37. The Hall–Kier alpha value is -0.600. The Morgan fingerprint density at radius 1 is 0.967 bits per heavy atom. The van der Waals surface area contributed by atoms with Crippen molar-refractivity contribution in [2.24, 2.45) is 22.7 Å².